The maximum Gasteiger partial charge on any atom is 0.403 e. The van der Waals surface area contributed by atoms with Gasteiger partial charge < -0.3 is 23.1 Å². The minimum Gasteiger partial charge on any atom is -0.400 e. The van der Waals surface area contributed by atoms with Gasteiger partial charge in [-0.2, -0.15) is 0 Å². The molecule has 0 spiro atoms. The molecule has 74 valence electrons. The van der Waals surface area contributed by atoms with Crippen LogP contribution in [-0.2, 0) is 23.1 Å². The number of ether oxygens (including phenoxy) is 3. The highest BCUT2D eigenvalue weighted by molar-refractivity contribution is 6.42. The van der Waals surface area contributed by atoms with Crippen molar-refractivity contribution >= 4 is 9.28 Å². The van der Waals surface area contributed by atoms with Crippen LogP contribution in [0.2, 0.25) is 6.55 Å². The molecule has 0 rings (SSSR count). The van der Waals surface area contributed by atoms with E-state index in [-0.39, 0.29) is 0 Å². The van der Waals surface area contributed by atoms with Gasteiger partial charge in [-0.3, -0.25) is 0 Å². The Morgan fingerprint density at radius 2 is 1.33 bits per heavy atom. The lowest BCUT2D eigenvalue weighted by molar-refractivity contribution is -0.454. The van der Waals surface area contributed by atoms with Crippen molar-refractivity contribution in [2.75, 3.05) is 28.4 Å². The summed E-state index contributed by atoms with van der Waals surface area (Å²) in [6.07, 6.45) is -1.42. The highest BCUT2D eigenvalue weighted by atomic mass is 28.3. The molecule has 0 aromatic rings. The van der Waals surface area contributed by atoms with Crippen LogP contribution >= 0.6 is 0 Å². The van der Waals surface area contributed by atoms with Gasteiger partial charge in [-0.05, 0) is 6.55 Å². The van der Waals surface area contributed by atoms with E-state index in [4.69, 9.17) is 23.1 Å². The molecule has 1 unspecified atom stereocenters. The molecule has 0 fully saturated rings. The molecule has 0 aromatic carbocycles. The van der Waals surface area contributed by atoms with Crippen LogP contribution in [0.4, 0.5) is 0 Å². The second-order valence-corrected chi connectivity index (χ2v) is 3.88. The smallest absolute Gasteiger partial charge is 0.400 e. The Morgan fingerprint density at radius 1 is 0.917 bits per heavy atom. The summed E-state index contributed by atoms with van der Waals surface area (Å²) in [4.78, 5) is 0. The van der Waals surface area contributed by atoms with E-state index in [9.17, 15) is 0 Å². The van der Waals surface area contributed by atoms with Crippen molar-refractivity contribution in [1.29, 1.82) is 0 Å². The molecule has 0 saturated carbocycles. The standard InChI is InChI=1S/C6H16O5Si/c1-7-6(8-2,9-3)11-12(5)10-4/h12H,1-5H3. The fourth-order valence-electron chi connectivity index (χ4n) is 0.646. The van der Waals surface area contributed by atoms with E-state index in [2.05, 4.69) is 0 Å². The van der Waals surface area contributed by atoms with Crippen molar-refractivity contribution in [3.63, 3.8) is 0 Å². The summed E-state index contributed by atoms with van der Waals surface area (Å²) in [7, 11) is 4.14. The Kier molecular flexibility index (Phi) is 5.63. The molecule has 0 heterocycles. The molecule has 0 aliphatic heterocycles. The van der Waals surface area contributed by atoms with Crippen LogP contribution in [0.1, 0.15) is 0 Å². The molecule has 0 aliphatic carbocycles. The van der Waals surface area contributed by atoms with Crippen molar-refractivity contribution in [3.05, 3.63) is 0 Å². The van der Waals surface area contributed by atoms with Gasteiger partial charge in [0.2, 0.25) is 0 Å². The Bertz CT molecular complexity index is 108. The van der Waals surface area contributed by atoms with E-state index in [1.54, 1.807) is 7.11 Å². The van der Waals surface area contributed by atoms with E-state index >= 15 is 0 Å². The van der Waals surface area contributed by atoms with Crippen LogP contribution in [0.15, 0.2) is 0 Å². The van der Waals surface area contributed by atoms with E-state index in [0.717, 1.165) is 0 Å². The number of rotatable bonds is 6. The van der Waals surface area contributed by atoms with Crippen molar-refractivity contribution in [3.8, 4) is 0 Å². The lowest BCUT2D eigenvalue weighted by Crippen LogP contribution is -2.43. The quantitative estimate of drug-likeness (QED) is 0.444. The van der Waals surface area contributed by atoms with Gasteiger partial charge in [0.1, 0.15) is 0 Å². The van der Waals surface area contributed by atoms with Gasteiger partial charge in [0.25, 0.3) is 0 Å². The third-order valence-electron chi connectivity index (χ3n) is 1.39. The summed E-state index contributed by atoms with van der Waals surface area (Å²) < 4.78 is 25.0. The van der Waals surface area contributed by atoms with Crippen LogP contribution < -0.4 is 0 Å². The predicted octanol–water partition coefficient (Wildman–Crippen LogP) is 0.0502. The third kappa shape index (κ3) is 3.17. The molecule has 5 nitrogen and oxygen atoms in total. The van der Waals surface area contributed by atoms with E-state index < -0.39 is 15.4 Å². The first-order chi connectivity index (χ1) is 5.64. The molecule has 1 atom stereocenters. The lowest BCUT2D eigenvalue weighted by Gasteiger charge is -2.29. The summed E-state index contributed by atoms with van der Waals surface area (Å²) in [5.74, 6) is 0. The second kappa shape index (κ2) is 5.63. The van der Waals surface area contributed by atoms with Crippen LogP contribution in [0, 0.1) is 0 Å². The molecule has 0 saturated heterocycles. The third-order valence-corrected chi connectivity index (χ3v) is 2.68. The zero-order valence-electron chi connectivity index (χ0n) is 8.12. The van der Waals surface area contributed by atoms with Crippen molar-refractivity contribution in [1.82, 2.24) is 0 Å². The fraction of sp³-hybridized carbons (Fsp3) is 1.00. The van der Waals surface area contributed by atoms with Gasteiger partial charge in [-0.1, -0.05) is 0 Å². The van der Waals surface area contributed by atoms with Crippen LogP contribution in [0.25, 0.3) is 0 Å². The van der Waals surface area contributed by atoms with Gasteiger partial charge >= 0.3 is 15.4 Å². The topological polar surface area (TPSA) is 46.2 Å². The zero-order valence-corrected chi connectivity index (χ0v) is 9.27. The van der Waals surface area contributed by atoms with Crippen LogP contribution in [0.5, 0.6) is 0 Å². The van der Waals surface area contributed by atoms with Gasteiger partial charge in [0.15, 0.2) is 0 Å². The number of methoxy groups -OCH3 is 3. The summed E-state index contributed by atoms with van der Waals surface area (Å²) in [5, 5.41) is 0. The van der Waals surface area contributed by atoms with Crippen molar-refractivity contribution < 1.29 is 23.1 Å². The summed E-state index contributed by atoms with van der Waals surface area (Å²) in [5.41, 5.74) is 0. The molecule has 12 heavy (non-hydrogen) atoms. The average Bonchev–Trinajstić information content (AvgIpc) is 2.14. The van der Waals surface area contributed by atoms with Gasteiger partial charge in [0.05, 0.1) is 0 Å². The first kappa shape index (κ1) is 12.0. The summed E-state index contributed by atoms with van der Waals surface area (Å²) in [6, 6.07) is 0. The normalized spacial score (nSPS) is 14.8. The van der Waals surface area contributed by atoms with Gasteiger partial charge in [0, 0.05) is 28.4 Å². The fourth-order valence-corrected chi connectivity index (χ4v) is 1.44. The Labute approximate surface area is 74.4 Å². The van der Waals surface area contributed by atoms with Crippen molar-refractivity contribution in [2.45, 2.75) is 12.7 Å². The minimum absolute atomic E-state index is 1.42. The zero-order chi connectivity index (χ0) is 9.61. The molecular formula is C6H16O5Si. The molecule has 0 radical (unpaired) electrons. The van der Waals surface area contributed by atoms with E-state index in [1.807, 2.05) is 6.55 Å². The number of hydrogen-bond acceptors (Lipinski definition) is 5. The minimum atomic E-state index is -1.73. The Balaban J connectivity index is 4.09. The molecule has 6 heteroatoms. The Morgan fingerprint density at radius 3 is 1.58 bits per heavy atom. The van der Waals surface area contributed by atoms with Crippen molar-refractivity contribution in [2.24, 2.45) is 0 Å². The molecule has 0 aliphatic rings. The second-order valence-electron chi connectivity index (χ2n) is 2.03. The SMILES string of the molecule is CO[SiH](C)OC(OC)(OC)OC. The molecule has 0 amide bonds. The highest BCUT2D eigenvalue weighted by Gasteiger charge is 2.34. The number of hydrogen-bond donors (Lipinski definition) is 0. The first-order valence-corrected chi connectivity index (χ1v) is 5.60. The average molecular weight is 196 g/mol. The predicted molar refractivity (Wildman–Crippen MR) is 44.9 cm³/mol. The van der Waals surface area contributed by atoms with E-state index in [0.29, 0.717) is 0 Å². The van der Waals surface area contributed by atoms with Crippen LogP contribution in [-0.4, -0.2) is 43.9 Å². The Hall–Kier alpha value is 0.0169. The largest absolute Gasteiger partial charge is 0.403 e. The van der Waals surface area contributed by atoms with Crippen LogP contribution in [0.3, 0.4) is 0 Å². The maximum absolute atomic E-state index is 5.28. The summed E-state index contributed by atoms with van der Waals surface area (Å²) >= 11 is 0. The molecule has 0 aromatic heterocycles. The first-order valence-electron chi connectivity index (χ1n) is 3.50. The molecule has 0 bridgehead atoms. The van der Waals surface area contributed by atoms with Gasteiger partial charge in [-0.15, -0.1) is 0 Å². The molecular weight excluding hydrogens is 180 g/mol. The monoisotopic (exact) mass is 196 g/mol. The summed E-state index contributed by atoms with van der Waals surface area (Å²) in [6.45, 7) is 1.84. The maximum atomic E-state index is 5.28. The lowest BCUT2D eigenvalue weighted by atomic mass is 11.0. The van der Waals surface area contributed by atoms with Gasteiger partial charge in [-0.25, -0.2) is 0 Å². The van der Waals surface area contributed by atoms with E-state index in [1.165, 1.54) is 21.3 Å². The highest BCUT2D eigenvalue weighted by Crippen LogP contribution is 2.15. The molecule has 0 N–H and O–H groups in total.